The Morgan fingerprint density at radius 2 is 1.01 bits per heavy atom. The molecule has 2 saturated heterocycles. The number of aromatic nitrogens is 9. The van der Waals surface area contributed by atoms with Crippen LogP contribution in [0.15, 0.2) is 159 Å². The SMILES string of the molecule is CC(C)(C)OC(=O)OC(=O)OC(C)(C)C.COC(=O)C(CN[C@@H]1C[C@H]1c1ccc(F)cc1)NC(=O)c1ccc(-n2ccnn2)cc1.COC(=O)C1CN1.COC(=O)C1CN1C(=O)c1ccc(-n2ccnn2)cc1.Cl.N[C@H]1C[C@@H]1c1ccc(F)cc1.O=C(Cl)c1ccc(-n2ccnn2)cc1. The fourth-order valence-corrected chi connectivity index (χ4v) is 8.93. The number of rotatable bonds is 15. The molecular formula is C67H76Cl2F2N14O14. The highest BCUT2D eigenvalue weighted by Gasteiger charge is 2.45. The third-order valence-corrected chi connectivity index (χ3v) is 14.4. The first-order valence-corrected chi connectivity index (χ1v) is 30.8. The Hall–Kier alpha value is -10.4. The van der Waals surface area contributed by atoms with Gasteiger partial charge in [0, 0.05) is 53.7 Å². The van der Waals surface area contributed by atoms with E-state index in [1.165, 1.54) is 56.1 Å². The molecule has 2 saturated carbocycles. The van der Waals surface area contributed by atoms with Crippen molar-refractivity contribution in [1.29, 1.82) is 0 Å². The van der Waals surface area contributed by atoms with Crippen LogP contribution in [0.4, 0.5) is 18.4 Å². The lowest BCUT2D eigenvalue weighted by atomic mass is 10.1. The average Bonchev–Trinajstić information content (AvgIpc) is 1.63. The number of nitrogens with zero attached hydrogens (tertiary/aromatic N) is 10. The van der Waals surface area contributed by atoms with Crippen LogP contribution in [0.3, 0.4) is 0 Å². The van der Waals surface area contributed by atoms with E-state index in [2.05, 4.69) is 61.1 Å². The highest BCUT2D eigenvalue weighted by Crippen LogP contribution is 2.41. The van der Waals surface area contributed by atoms with Crippen LogP contribution >= 0.6 is 24.0 Å². The first kappa shape index (κ1) is 77.6. The molecule has 5 heterocycles. The molecule has 526 valence electrons. The number of nitrogens with one attached hydrogen (secondary N) is 3. The number of esters is 3. The quantitative estimate of drug-likeness (QED) is 0.0250. The summed E-state index contributed by atoms with van der Waals surface area (Å²) in [6, 6.07) is 32.8. The summed E-state index contributed by atoms with van der Waals surface area (Å²) in [5, 5.41) is 31.1. The Labute approximate surface area is 579 Å². The predicted molar refractivity (Wildman–Crippen MR) is 356 cm³/mol. The zero-order valence-corrected chi connectivity index (χ0v) is 57.0. The molecule has 2 amide bonds. The average molecular weight is 1410 g/mol. The number of carbonyl (C=O) groups is 8. The van der Waals surface area contributed by atoms with Crippen molar-refractivity contribution in [2.45, 2.75) is 108 Å². The molecule has 0 bridgehead atoms. The standard InChI is InChI=1S/C22H22FN5O3.C13H12N4O3.C10H18O5.C9H6ClN3O.C9H10FN.C4H7NO2.ClH/c1-31-22(30)20(13-24-19-12-18(19)14-2-6-16(23)7-3-14)26-21(29)15-4-8-17(9-5-15)28-11-10-25-27-28;1-20-13(19)11-8-16(11)12(18)9-2-4-10(5-3-9)17-7-6-14-15-17;1-9(2,3)14-7(11)13-8(12)15-10(4,5)6;10-9(14)7-1-3-8(4-2-7)13-6-5-11-12-13;10-7-3-1-6(2-4-7)8-5-9(8)11;1-7-4(6)3-2-5-3;/h2-11,18-20,24H,12-13H2,1H3,(H,26,29);2-7,11H,8H2,1H3;1-6H3;1-6H;1-4,8-9H,5,11H2;3,5H,2H2,1H3;1H/t18-,19+,20?;;;;8-,9+;;/m0...1../s1. The molecule has 3 aromatic heterocycles. The smallest absolute Gasteiger partial charge is 0.468 e. The van der Waals surface area contributed by atoms with E-state index < -0.39 is 46.8 Å². The number of amides is 2. The van der Waals surface area contributed by atoms with E-state index in [-0.39, 0.29) is 72.3 Å². The van der Waals surface area contributed by atoms with Crippen LogP contribution in [0, 0.1) is 11.6 Å². The van der Waals surface area contributed by atoms with Gasteiger partial charge in [-0.3, -0.25) is 19.2 Å². The molecule has 0 spiro atoms. The Kier molecular flexibility index (Phi) is 28.4. The summed E-state index contributed by atoms with van der Waals surface area (Å²) in [5.41, 5.74) is 10.3. The van der Waals surface area contributed by atoms with E-state index in [0.717, 1.165) is 42.0 Å². The van der Waals surface area contributed by atoms with Gasteiger partial charge >= 0.3 is 30.2 Å². The van der Waals surface area contributed by atoms with Gasteiger partial charge in [0.05, 0.1) is 82.1 Å². The van der Waals surface area contributed by atoms with Gasteiger partial charge in [-0.25, -0.2) is 42.0 Å². The van der Waals surface area contributed by atoms with E-state index in [1.807, 2.05) is 12.1 Å². The largest absolute Gasteiger partial charge is 0.519 e. The maximum Gasteiger partial charge on any atom is 0.519 e. The first-order valence-electron chi connectivity index (χ1n) is 30.5. The molecule has 8 aromatic rings. The maximum atomic E-state index is 13.1. The monoisotopic (exact) mass is 1410 g/mol. The molecule has 99 heavy (non-hydrogen) atoms. The molecule has 2 aliphatic heterocycles. The van der Waals surface area contributed by atoms with Crippen molar-refractivity contribution in [2.24, 2.45) is 5.73 Å². The third-order valence-electron chi connectivity index (χ3n) is 14.2. The van der Waals surface area contributed by atoms with Crippen molar-refractivity contribution in [3.05, 3.63) is 198 Å². The summed E-state index contributed by atoms with van der Waals surface area (Å²) >= 11 is 5.31. The molecule has 0 radical (unpaired) electrons. The summed E-state index contributed by atoms with van der Waals surface area (Å²) in [4.78, 5) is 92.8. The van der Waals surface area contributed by atoms with Crippen LogP contribution in [0.25, 0.3) is 17.1 Å². The molecule has 4 fully saturated rings. The fraction of sp³-hybridized carbons (Fsp3) is 0.343. The third kappa shape index (κ3) is 25.5. The number of benzene rings is 5. The van der Waals surface area contributed by atoms with E-state index in [4.69, 9.17) is 31.5 Å². The van der Waals surface area contributed by atoms with Gasteiger partial charge < -0.3 is 55.0 Å². The molecule has 4 aliphatic rings. The lowest BCUT2D eigenvalue weighted by molar-refractivity contribution is -0.143. The van der Waals surface area contributed by atoms with Crippen molar-refractivity contribution < 1.29 is 75.6 Å². The van der Waals surface area contributed by atoms with Gasteiger partial charge in [-0.05, 0) is 174 Å². The summed E-state index contributed by atoms with van der Waals surface area (Å²) in [6.07, 6.45) is 9.68. The topological polar surface area (TPSA) is 359 Å². The lowest BCUT2D eigenvalue weighted by Crippen LogP contribution is -2.48. The number of methoxy groups -OCH3 is 3. The van der Waals surface area contributed by atoms with E-state index in [9.17, 15) is 47.1 Å². The number of halogens is 4. The number of hydrogen-bond donors (Lipinski definition) is 4. The number of ether oxygens (including phenoxy) is 6. The molecule has 12 rings (SSSR count). The second-order valence-electron chi connectivity index (χ2n) is 24.0. The van der Waals surface area contributed by atoms with Crippen LogP contribution in [-0.4, -0.2) is 180 Å². The molecule has 3 unspecified atom stereocenters. The van der Waals surface area contributed by atoms with E-state index in [0.29, 0.717) is 35.2 Å². The summed E-state index contributed by atoms with van der Waals surface area (Å²) in [6.45, 7) is 11.5. The second-order valence-corrected chi connectivity index (χ2v) is 24.3. The van der Waals surface area contributed by atoms with Gasteiger partial charge in [0.25, 0.3) is 17.1 Å². The minimum absolute atomic E-state index is 0. The van der Waals surface area contributed by atoms with Gasteiger partial charge in [-0.1, -0.05) is 39.9 Å². The van der Waals surface area contributed by atoms with Crippen molar-refractivity contribution in [3.63, 3.8) is 0 Å². The van der Waals surface area contributed by atoms with E-state index >= 15 is 0 Å². The molecular weight excluding hydrogens is 1330 g/mol. The normalized spacial score (nSPS) is 17.4. The Balaban J connectivity index is 0.000000198. The number of nitrogens with two attached hydrogens (primary N) is 1. The molecule has 2 aliphatic carbocycles. The Morgan fingerprint density at radius 1 is 0.596 bits per heavy atom. The van der Waals surface area contributed by atoms with E-state index in [1.54, 1.807) is 178 Å². The fourth-order valence-electron chi connectivity index (χ4n) is 8.80. The molecule has 5 N–H and O–H groups in total. The van der Waals surface area contributed by atoms with Crippen molar-refractivity contribution >= 4 is 71.3 Å². The van der Waals surface area contributed by atoms with Crippen LogP contribution in [0.1, 0.15) is 108 Å². The molecule has 5 aromatic carbocycles. The van der Waals surface area contributed by atoms with Gasteiger partial charge in [0.15, 0.2) is 0 Å². The zero-order chi connectivity index (χ0) is 71.3. The highest BCUT2D eigenvalue weighted by molar-refractivity contribution is 6.67. The van der Waals surface area contributed by atoms with Crippen LogP contribution in [0.2, 0.25) is 0 Å². The van der Waals surface area contributed by atoms with Crippen molar-refractivity contribution in [2.75, 3.05) is 41.0 Å². The van der Waals surface area contributed by atoms with Gasteiger partial charge in [0.2, 0.25) is 0 Å². The predicted octanol–water partition coefficient (Wildman–Crippen LogP) is 7.80. The number of carbonyl (C=O) groups excluding carboxylic acids is 8. The minimum atomic E-state index is -1.06. The van der Waals surface area contributed by atoms with Crippen LogP contribution in [0.5, 0.6) is 0 Å². The van der Waals surface area contributed by atoms with Gasteiger partial charge in [-0.15, -0.1) is 27.7 Å². The van der Waals surface area contributed by atoms with Crippen LogP contribution in [-0.2, 0) is 42.8 Å². The summed E-state index contributed by atoms with van der Waals surface area (Å²) in [5.74, 6) is -1.32. The Bertz CT molecular complexity index is 3890. The zero-order valence-electron chi connectivity index (χ0n) is 55.4. The lowest BCUT2D eigenvalue weighted by Gasteiger charge is -2.20. The molecule has 7 atom stereocenters. The van der Waals surface area contributed by atoms with Gasteiger partial charge in [-0.2, -0.15) is 0 Å². The van der Waals surface area contributed by atoms with Crippen LogP contribution < -0.4 is 21.7 Å². The second kappa shape index (κ2) is 36.3. The Morgan fingerprint density at radius 3 is 1.36 bits per heavy atom. The minimum Gasteiger partial charge on any atom is -0.468 e. The number of hydrogen-bond acceptors (Lipinski definition) is 23. The van der Waals surface area contributed by atoms with Gasteiger partial charge in [0.1, 0.15) is 41.0 Å². The van der Waals surface area contributed by atoms with Crippen molar-refractivity contribution in [1.82, 2.24) is 65.8 Å². The summed E-state index contributed by atoms with van der Waals surface area (Å²) in [7, 11) is 3.99. The van der Waals surface area contributed by atoms with Crippen molar-refractivity contribution in [3.8, 4) is 17.1 Å². The molecule has 32 heteroatoms. The summed E-state index contributed by atoms with van der Waals surface area (Å²) < 4.78 is 57.9. The first-order chi connectivity index (χ1) is 46.6. The maximum absolute atomic E-state index is 13.1. The molecule has 28 nitrogen and oxygen atoms in total. The highest BCUT2D eigenvalue weighted by atomic mass is 35.5.